The first-order chi connectivity index (χ1) is 7.42. The molecule has 1 saturated carbocycles. The topological polar surface area (TPSA) is 15.3 Å². The van der Waals surface area contributed by atoms with Gasteiger partial charge in [-0.1, -0.05) is 19.3 Å². The Labute approximate surface area is 93.4 Å². The summed E-state index contributed by atoms with van der Waals surface area (Å²) in [5.41, 5.74) is 0.582. The van der Waals surface area contributed by atoms with E-state index in [1.165, 1.54) is 71.1 Å². The van der Waals surface area contributed by atoms with Crippen molar-refractivity contribution in [1.82, 2.24) is 10.2 Å². The lowest BCUT2D eigenvalue weighted by Gasteiger charge is -2.49. The van der Waals surface area contributed by atoms with Crippen LogP contribution in [0.3, 0.4) is 0 Å². The summed E-state index contributed by atoms with van der Waals surface area (Å²) >= 11 is 0. The van der Waals surface area contributed by atoms with Gasteiger partial charge in [-0.05, 0) is 38.1 Å². The normalized spacial score (nSPS) is 39.2. The third kappa shape index (κ3) is 1.62. The van der Waals surface area contributed by atoms with Gasteiger partial charge in [0.15, 0.2) is 0 Å². The molecule has 1 aliphatic carbocycles. The van der Waals surface area contributed by atoms with Gasteiger partial charge in [0.25, 0.3) is 0 Å². The van der Waals surface area contributed by atoms with Gasteiger partial charge in [0.05, 0.1) is 0 Å². The highest BCUT2D eigenvalue weighted by Crippen LogP contribution is 2.43. The molecule has 0 radical (unpaired) electrons. The van der Waals surface area contributed by atoms with Crippen LogP contribution in [0.2, 0.25) is 0 Å². The summed E-state index contributed by atoms with van der Waals surface area (Å²) in [7, 11) is 0. The Morgan fingerprint density at radius 2 is 1.87 bits per heavy atom. The van der Waals surface area contributed by atoms with Crippen LogP contribution in [0.25, 0.3) is 0 Å². The molecule has 1 unspecified atom stereocenters. The first-order valence-corrected chi connectivity index (χ1v) is 6.88. The largest absolute Gasteiger partial charge is 0.314 e. The molecule has 3 rings (SSSR count). The summed E-state index contributed by atoms with van der Waals surface area (Å²) in [4.78, 5) is 2.82. The van der Waals surface area contributed by atoms with E-state index in [2.05, 4.69) is 10.2 Å². The highest BCUT2D eigenvalue weighted by Gasteiger charge is 2.47. The molecule has 0 spiro atoms. The van der Waals surface area contributed by atoms with E-state index in [1.807, 2.05) is 0 Å². The van der Waals surface area contributed by atoms with E-state index in [0.29, 0.717) is 5.54 Å². The SMILES string of the molecule is C1CCC(C23CCCN2CCNC3)CC1. The van der Waals surface area contributed by atoms with Gasteiger partial charge in [-0.15, -0.1) is 0 Å². The van der Waals surface area contributed by atoms with Crippen LogP contribution in [0.1, 0.15) is 44.9 Å². The average molecular weight is 208 g/mol. The third-order valence-corrected chi connectivity index (χ3v) is 5.02. The fourth-order valence-corrected chi connectivity index (χ4v) is 4.26. The Hall–Kier alpha value is -0.0800. The smallest absolute Gasteiger partial charge is 0.0363 e. The molecule has 2 aliphatic heterocycles. The van der Waals surface area contributed by atoms with Gasteiger partial charge in [0.2, 0.25) is 0 Å². The molecule has 1 N–H and O–H groups in total. The van der Waals surface area contributed by atoms with E-state index < -0.39 is 0 Å². The lowest BCUT2D eigenvalue weighted by atomic mass is 9.72. The molecule has 86 valence electrons. The predicted octanol–water partition coefficient (Wildman–Crippen LogP) is 2.00. The standard InChI is InChI=1S/C13H24N2/c1-2-5-12(6-3-1)13-7-4-9-15(13)10-8-14-11-13/h12,14H,1-11H2. The summed E-state index contributed by atoms with van der Waals surface area (Å²) in [6.45, 7) is 5.17. The van der Waals surface area contributed by atoms with Crippen LogP contribution < -0.4 is 5.32 Å². The van der Waals surface area contributed by atoms with Crippen LogP contribution in [0.4, 0.5) is 0 Å². The van der Waals surface area contributed by atoms with Gasteiger partial charge in [0.1, 0.15) is 0 Å². The molecule has 15 heavy (non-hydrogen) atoms. The molecule has 2 saturated heterocycles. The van der Waals surface area contributed by atoms with Gasteiger partial charge in [-0.3, -0.25) is 4.90 Å². The van der Waals surface area contributed by atoms with Crippen molar-refractivity contribution in [3.05, 3.63) is 0 Å². The van der Waals surface area contributed by atoms with Crippen LogP contribution >= 0.6 is 0 Å². The van der Waals surface area contributed by atoms with Gasteiger partial charge < -0.3 is 5.32 Å². The van der Waals surface area contributed by atoms with Crippen molar-refractivity contribution in [1.29, 1.82) is 0 Å². The van der Waals surface area contributed by atoms with Crippen LogP contribution in [0, 0.1) is 5.92 Å². The molecule has 1 atom stereocenters. The molecular weight excluding hydrogens is 184 g/mol. The Morgan fingerprint density at radius 3 is 2.73 bits per heavy atom. The fraction of sp³-hybridized carbons (Fsp3) is 1.00. The maximum Gasteiger partial charge on any atom is 0.0363 e. The van der Waals surface area contributed by atoms with E-state index in [4.69, 9.17) is 0 Å². The molecule has 0 amide bonds. The summed E-state index contributed by atoms with van der Waals surface area (Å²) in [5.74, 6) is 1.00. The van der Waals surface area contributed by atoms with Crippen LogP contribution in [-0.2, 0) is 0 Å². The molecule has 0 aromatic heterocycles. The van der Waals surface area contributed by atoms with Crippen molar-refractivity contribution in [2.24, 2.45) is 5.92 Å². The van der Waals surface area contributed by atoms with E-state index >= 15 is 0 Å². The summed E-state index contributed by atoms with van der Waals surface area (Å²) in [5, 5.41) is 3.65. The fourth-order valence-electron chi connectivity index (χ4n) is 4.26. The number of rotatable bonds is 1. The van der Waals surface area contributed by atoms with Crippen molar-refractivity contribution < 1.29 is 0 Å². The molecule has 2 heteroatoms. The number of hydrogen-bond acceptors (Lipinski definition) is 2. The minimum atomic E-state index is 0.582. The lowest BCUT2D eigenvalue weighted by Crippen LogP contribution is -2.61. The maximum absolute atomic E-state index is 3.65. The Morgan fingerprint density at radius 1 is 1.00 bits per heavy atom. The molecule has 0 aromatic rings. The van der Waals surface area contributed by atoms with Crippen LogP contribution in [-0.4, -0.2) is 36.6 Å². The van der Waals surface area contributed by atoms with E-state index in [0.717, 1.165) is 5.92 Å². The minimum absolute atomic E-state index is 0.582. The van der Waals surface area contributed by atoms with Gasteiger partial charge in [-0.25, -0.2) is 0 Å². The van der Waals surface area contributed by atoms with Crippen molar-refractivity contribution in [3.8, 4) is 0 Å². The number of nitrogens with zero attached hydrogens (tertiary/aromatic N) is 1. The molecule has 2 heterocycles. The average Bonchev–Trinajstić information content (AvgIpc) is 2.75. The Kier molecular flexibility index (Phi) is 2.73. The summed E-state index contributed by atoms with van der Waals surface area (Å²) < 4.78 is 0. The molecule has 0 aromatic carbocycles. The maximum atomic E-state index is 3.65. The lowest BCUT2D eigenvalue weighted by molar-refractivity contribution is 0.0297. The van der Waals surface area contributed by atoms with Crippen molar-refractivity contribution in [3.63, 3.8) is 0 Å². The Balaban J connectivity index is 1.79. The van der Waals surface area contributed by atoms with E-state index in [9.17, 15) is 0 Å². The van der Waals surface area contributed by atoms with E-state index in [1.54, 1.807) is 0 Å². The number of nitrogens with one attached hydrogen (secondary N) is 1. The highest BCUT2D eigenvalue weighted by atomic mass is 15.3. The number of hydrogen-bond donors (Lipinski definition) is 1. The summed E-state index contributed by atoms with van der Waals surface area (Å²) in [6.07, 6.45) is 10.4. The summed E-state index contributed by atoms with van der Waals surface area (Å²) in [6, 6.07) is 0. The second-order valence-electron chi connectivity index (χ2n) is 5.71. The van der Waals surface area contributed by atoms with Crippen molar-refractivity contribution >= 4 is 0 Å². The molecule has 0 bridgehead atoms. The highest BCUT2D eigenvalue weighted by molar-refractivity contribution is 5.04. The number of fused-ring (bicyclic) bond motifs is 1. The monoisotopic (exact) mass is 208 g/mol. The van der Waals surface area contributed by atoms with Gasteiger partial charge >= 0.3 is 0 Å². The van der Waals surface area contributed by atoms with Gasteiger partial charge in [0, 0.05) is 25.2 Å². The zero-order chi connectivity index (χ0) is 10.1. The van der Waals surface area contributed by atoms with Crippen molar-refractivity contribution in [2.45, 2.75) is 50.5 Å². The van der Waals surface area contributed by atoms with E-state index in [-0.39, 0.29) is 0 Å². The zero-order valence-corrected chi connectivity index (χ0v) is 9.80. The van der Waals surface area contributed by atoms with Crippen LogP contribution in [0.15, 0.2) is 0 Å². The molecule has 3 aliphatic rings. The third-order valence-electron chi connectivity index (χ3n) is 5.02. The predicted molar refractivity (Wildman–Crippen MR) is 63.0 cm³/mol. The second-order valence-corrected chi connectivity index (χ2v) is 5.71. The first-order valence-electron chi connectivity index (χ1n) is 6.88. The quantitative estimate of drug-likeness (QED) is 0.709. The molecular formula is C13H24N2. The Bertz CT molecular complexity index is 223. The van der Waals surface area contributed by atoms with Crippen LogP contribution in [0.5, 0.6) is 0 Å². The van der Waals surface area contributed by atoms with Crippen molar-refractivity contribution in [2.75, 3.05) is 26.2 Å². The first kappa shape index (κ1) is 10.1. The number of piperazine rings is 1. The second kappa shape index (κ2) is 4.06. The minimum Gasteiger partial charge on any atom is -0.314 e. The molecule has 2 nitrogen and oxygen atoms in total. The zero-order valence-electron chi connectivity index (χ0n) is 9.80. The van der Waals surface area contributed by atoms with Gasteiger partial charge in [-0.2, -0.15) is 0 Å². The molecule has 3 fully saturated rings.